The van der Waals surface area contributed by atoms with Crippen LogP contribution in [-0.4, -0.2) is 50.5 Å². The molecule has 1 N–H and O–H groups in total. The second-order valence-electron chi connectivity index (χ2n) is 8.48. The second-order valence-corrected chi connectivity index (χ2v) is 10.8. The molecule has 0 spiro atoms. The number of benzene rings is 2. The molecule has 0 saturated heterocycles. The van der Waals surface area contributed by atoms with Gasteiger partial charge >= 0.3 is 0 Å². The van der Waals surface area contributed by atoms with E-state index < -0.39 is 28.5 Å². The van der Waals surface area contributed by atoms with Gasteiger partial charge < -0.3 is 10.2 Å². The molecule has 9 heteroatoms. The number of sulfonamides is 1. The molecule has 0 unspecified atom stereocenters. The zero-order chi connectivity index (χ0) is 24.8. The number of hydrogen-bond acceptors (Lipinski definition) is 4. The van der Waals surface area contributed by atoms with Crippen molar-refractivity contribution in [3.8, 4) is 0 Å². The smallest absolute Gasteiger partial charge is 0.244 e. The Labute approximate surface area is 201 Å². The normalized spacial score (nSPS) is 12.3. The summed E-state index contributed by atoms with van der Waals surface area (Å²) >= 11 is 6.31. The van der Waals surface area contributed by atoms with Gasteiger partial charge in [0.25, 0.3) is 0 Å². The molecule has 33 heavy (non-hydrogen) atoms. The SMILES string of the molecule is Cc1ccccc1N(CC(=O)N(Cc1ccccc1Cl)[C@H](C)C(=O)NCC(C)C)S(C)(=O)=O. The summed E-state index contributed by atoms with van der Waals surface area (Å²) in [6.07, 6.45) is 1.06. The van der Waals surface area contributed by atoms with Gasteiger partial charge in [0, 0.05) is 18.1 Å². The number of rotatable bonds is 10. The lowest BCUT2D eigenvalue weighted by Gasteiger charge is -2.32. The lowest BCUT2D eigenvalue weighted by atomic mass is 10.1. The van der Waals surface area contributed by atoms with E-state index in [2.05, 4.69) is 5.32 Å². The minimum absolute atomic E-state index is 0.0696. The predicted molar refractivity (Wildman–Crippen MR) is 133 cm³/mol. The number of nitrogens with zero attached hydrogens (tertiary/aromatic N) is 2. The molecule has 0 heterocycles. The zero-order valence-corrected chi connectivity index (χ0v) is 21.3. The van der Waals surface area contributed by atoms with Crippen molar-refractivity contribution in [3.05, 3.63) is 64.7 Å². The van der Waals surface area contributed by atoms with Crippen LogP contribution in [0.15, 0.2) is 48.5 Å². The minimum atomic E-state index is -3.76. The highest BCUT2D eigenvalue weighted by atomic mass is 35.5. The van der Waals surface area contributed by atoms with Crippen LogP contribution < -0.4 is 9.62 Å². The van der Waals surface area contributed by atoms with Crippen LogP contribution >= 0.6 is 11.6 Å². The highest BCUT2D eigenvalue weighted by Gasteiger charge is 2.30. The first kappa shape index (κ1) is 26.7. The standard InChI is InChI=1S/C24H32ClN3O4S/c1-17(2)14-26-24(30)19(4)27(15-20-11-7-8-12-21(20)25)23(29)16-28(33(5,31)32)22-13-9-6-10-18(22)3/h6-13,17,19H,14-16H2,1-5H3,(H,26,30)/t19-/m1/s1. The molecule has 0 saturated carbocycles. The molecule has 0 aliphatic carbocycles. The third kappa shape index (κ3) is 7.47. The van der Waals surface area contributed by atoms with Gasteiger partial charge in [0.15, 0.2) is 0 Å². The number of aryl methyl sites for hydroxylation is 1. The number of hydrogen-bond donors (Lipinski definition) is 1. The van der Waals surface area contributed by atoms with Crippen molar-refractivity contribution >= 4 is 39.1 Å². The summed E-state index contributed by atoms with van der Waals surface area (Å²) in [5.74, 6) is -0.572. The van der Waals surface area contributed by atoms with E-state index in [1.54, 1.807) is 62.4 Å². The predicted octanol–water partition coefficient (Wildman–Crippen LogP) is 3.60. The molecule has 2 aromatic rings. The Morgan fingerprint density at radius 3 is 2.21 bits per heavy atom. The van der Waals surface area contributed by atoms with E-state index in [1.807, 2.05) is 13.8 Å². The topological polar surface area (TPSA) is 86.8 Å². The van der Waals surface area contributed by atoms with Crippen molar-refractivity contribution in [2.45, 2.75) is 40.3 Å². The summed E-state index contributed by atoms with van der Waals surface area (Å²) in [5.41, 5.74) is 1.80. The van der Waals surface area contributed by atoms with E-state index >= 15 is 0 Å². The molecule has 0 aromatic heterocycles. The van der Waals surface area contributed by atoms with Crippen LogP contribution in [0.2, 0.25) is 5.02 Å². The van der Waals surface area contributed by atoms with Crippen molar-refractivity contribution in [2.75, 3.05) is 23.7 Å². The Hall–Kier alpha value is -2.58. The average Bonchev–Trinajstić information content (AvgIpc) is 2.74. The highest BCUT2D eigenvalue weighted by Crippen LogP contribution is 2.23. The second kappa shape index (κ2) is 11.5. The van der Waals surface area contributed by atoms with Gasteiger partial charge in [-0.05, 0) is 43.0 Å². The number of carbonyl (C=O) groups is 2. The quantitative estimate of drug-likeness (QED) is 0.547. The molecule has 180 valence electrons. The van der Waals surface area contributed by atoms with Gasteiger partial charge in [0.1, 0.15) is 12.6 Å². The van der Waals surface area contributed by atoms with Crippen molar-refractivity contribution in [3.63, 3.8) is 0 Å². The maximum atomic E-state index is 13.5. The summed E-state index contributed by atoms with van der Waals surface area (Å²) in [6, 6.07) is 13.2. The van der Waals surface area contributed by atoms with Crippen molar-refractivity contribution in [1.29, 1.82) is 0 Å². The fourth-order valence-electron chi connectivity index (χ4n) is 3.28. The third-order valence-corrected chi connectivity index (χ3v) is 6.71. The average molecular weight is 494 g/mol. The molecular formula is C24H32ClN3O4S. The van der Waals surface area contributed by atoms with Crippen LogP contribution in [-0.2, 0) is 26.2 Å². The van der Waals surface area contributed by atoms with Crippen LogP contribution in [0.5, 0.6) is 0 Å². The van der Waals surface area contributed by atoms with Crippen molar-refractivity contribution in [1.82, 2.24) is 10.2 Å². The van der Waals surface area contributed by atoms with Crippen LogP contribution in [0.25, 0.3) is 0 Å². The van der Waals surface area contributed by atoms with Gasteiger partial charge in [-0.25, -0.2) is 8.42 Å². The molecule has 0 fully saturated rings. The fourth-order valence-corrected chi connectivity index (χ4v) is 4.39. The first-order valence-electron chi connectivity index (χ1n) is 10.8. The number of anilines is 1. The Bertz CT molecular complexity index is 1090. The van der Waals surface area contributed by atoms with E-state index in [1.165, 1.54) is 4.90 Å². The Balaban J connectivity index is 2.39. The van der Waals surface area contributed by atoms with Crippen LogP contribution in [0, 0.1) is 12.8 Å². The summed E-state index contributed by atoms with van der Waals surface area (Å²) in [6.45, 7) is 7.46. The third-order valence-electron chi connectivity index (χ3n) is 5.21. The summed E-state index contributed by atoms with van der Waals surface area (Å²) in [5, 5.41) is 3.31. The fraction of sp³-hybridized carbons (Fsp3) is 0.417. The molecule has 2 rings (SSSR count). The first-order valence-corrected chi connectivity index (χ1v) is 13.0. The molecule has 0 bridgehead atoms. The maximum absolute atomic E-state index is 13.5. The highest BCUT2D eigenvalue weighted by molar-refractivity contribution is 7.92. The van der Waals surface area contributed by atoms with Gasteiger partial charge in [0.2, 0.25) is 21.8 Å². The molecule has 0 radical (unpaired) electrons. The molecule has 7 nitrogen and oxygen atoms in total. The summed E-state index contributed by atoms with van der Waals surface area (Å²) < 4.78 is 26.3. The maximum Gasteiger partial charge on any atom is 0.244 e. The largest absolute Gasteiger partial charge is 0.354 e. The van der Waals surface area contributed by atoms with Crippen molar-refractivity contribution < 1.29 is 18.0 Å². The molecule has 2 aromatic carbocycles. The van der Waals surface area contributed by atoms with Gasteiger partial charge in [0.05, 0.1) is 11.9 Å². The number of para-hydroxylation sites is 1. The monoisotopic (exact) mass is 493 g/mol. The molecule has 2 amide bonds. The molecule has 1 atom stereocenters. The summed E-state index contributed by atoms with van der Waals surface area (Å²) in [4.78, 5) is 27.7. The van der Waals surface area contributed by atoms with E-state index in [9.17, 15) is 18.0 Å². The van der Waals surface area contributed by atoms with E-state index in [-0.39, 0.29) is 18.4 Å². The lowest BCUT2D eigenvalue weighted by molar-refractivity contribution is -0.139. The van der Waals surface area contributed by atoms with Gasteiger partial charge in [-0.1, -0.05) is 61.8 Å². The molecule has 0 aliphatic rings. The van der Waals surface area contributed by atoms with Crippen LogP contribution in [0.3, 0.4) is 0 Å². The molecular weight excluding hydrogens is 462 g/mol. The van der Waals surface area contributed by atoms with E-state index in [4.69, 9.17) is 11.6 Å². The zero-order valence-electron chi connectivity index (χ0n) is 19.7. The number of amides is 2. The minimum Gasteiger partial charge on any atom is -0.354 e. The summed E-state index contributed by atoms with van der Waals surface area (Å²) in [7, 11) is -3.76. The van der Waals surface area contributed by atoms with Gasteiger partial charge in [-0.15, -0.1) is 0 Å². The van der Waals surface area contributed by atoms with E-state index in [0.717, 1.165) is 16.1 Å². The molecule has 0 aliphatic heterocycles. The van der Waals surface area contributed by atoms with Crippen LogP contribution in [0.4, 0.5) is 5.69 Å². The Morgan fingerprint density at radius 1 is 1.03 bits per heavy atom. The number of carbonyl (C=O) groups excluding carboxylic acids is 2. The lowest BCUT2D eigenvalue weighted by Crippen LogP contribution is -2.51. The van der Waals surface area contributed by atoms with Crippen LogP contribution in [0.1, 0.15) is 31.9 Å². The number of nitrogens with one attached hydrogen (secondary N) is 1. The van der Waals surface area contributed by atoms with Crippen molar-refractivity contribution in [2.24, 2.45) is 5.92 Å². The Kier molecular flexibility index (Phi) is 9.31. The van der Waals surface area contributed by atoms with Gasteiger partial charge in [-0.3, -0.25) is 13.9 Å². The number of halogens is 1. The Morgan fingerprint density at radius 2 is 1.64 bits per heavy atom. The van der Waals surface area contributed by atoms with E-state index in [0.29, 0.717) is 22.8 Å². The van der Waals surface area contributed by atoms with Gasteiger partial charge in [-0.2, -0.15) is 0 Å². The first-order chi connectivity index (χ1) is 15.4.